The Kier molecular flexibility index (Phi) is 5.96. The number of hydrogen-bond donors (Lipinski definition) is 2. The zero-order valence-corrected chi connectivity index (χ0v) is 17.8. The van der Waals surface area contributed by atoms with Crippen LogP contribution in [0, 0.1) is 0 Å². The van der Waals surface area contributed by atoms with Gasteiger partial charge in [-0.25, -0.2) is 4.98 Å². The number of aryl methyl sites for hydroxylation is 1. The zero-order chi connectivity index (χ0) is 23.8. The first-order valence-corrected chi connectivity index (χ1v) is 10.4. The molecule has 11 heteroatoms. The molecule has 174 valence electrons. The summed E-state index contributed by atoms with van der Waals surface area (Å²) in [7, 11) is 0. The first-order chi connectivity index (χ1) is 15.6. The molecule has 1 aromatic carbocycles. The summed E-state index contributed by atoms with van der Waals surface area (Å²) in [6.45, 7) is 2.66. The number of benzene rings is 1. The smallest absolute Gasteiger partial charge is 0.353 e. The van der Waals surface area contributed by atoms with Gasteiger partial charge in [0.15, 0.2) is 0 Å². The lowest BCUT2D eigenvalue weighted by atomic mass is 10.0. The van der Waals surface area contributed by atoms with Crippen LogP contribution in [0.25, 0.3) is 0 Å². The van der Waals surface area contributed by atoms with E-state index in [2.05, 4.69) is 15.6 Å². The van der Waals surface area contributed by atoms with Crippen molar-refractivity contribution in [2.45, 2.75) is 32.0 Å². The number of carbonyl (C=O) groups is 3. The summed E-state index contributed by atoms with van der Waals surface area (Å²) < 4.78 is 38.2. The molecule has 2 aliphatic heterocycles. The van der Waals surface area contributed by atoms with Crippen molar-refractivity contribution >= 4 is 34.9 Å². The Morgan fingerprint density at radius 2 is 1.94 bits per heavy atom. The first-order valence-electron chi connectivity index (χ1n) is 10.4. The summed E-state index contributed by atoms with van der Waals surface area (Å²) in [4.78, 5) is 43.9. The summed E-state index contributed by atoms with van der Waals surface area (Å²) in [6.07, 6.45) is -2.76. The van der Waals surface area contributed by atoms with Crippen LogP contribution in [0.4, 0.5) is 30.4 Å². The molecule has 0 aliphatic carbocycles. The molecule has 0 bridgehead atoms. The van der Waals surface area contributed by atoms with Gasteiger partial charge in [0.1, 0.15) is 5.82 Å². The molecule has 2 N–H and O–H groups in total. The van der Waals surface area contributed by atoms with Crippen molar-refractivity contribution in [3.8, 4) is 0 Å². The van der Waals surface area contributed by atoms with Crippen molar-refractivity contribution in [1.82, 2.24) is 9.88 Å². The minimum absolute atomic E-state index is 0.0610. The largest absolute Gasteiger partial charge is 0.417 e. The second-order valence-electron chi connectivity index (χ2n) is 8.07. The molecule has 8 nitrogen and oxygen atoms in total. The number of amides is 3. The van der Waals surface area contributed by atoms with Crippen molar-refractivity contribution in [1.29, 1.82) is 0 Å². The van der Waals surface area contributed by atoms with Crippen LogP contribution < -0.4 is 15.5 Å². The van der Waals surface area contributed by atoms with Gasteiger partial charge in [-0.3, -0.25) is 14.4 Å². The Labute approximate surface area is 187 Å². The minimum atomic E-state index is -4.46. The molecule has 0 unspecified atom stereocenters. The van der Waals surface area contributed by atoms with E-state index >= 15 is 0 Å². The molecule has 3 heterocycles. The van der Waals surface area contributed by atoms with Crippen LogP contribution >= 0.6 is 0 Å². The Morgan fingerprint density at radius 1 is 1.15 bits per heavy atom. The number of piperazine rings is 1. The molecule has 1 aromatic heterocycles. The van der Waals surface area contributed by atoms with Gasteiger partial charge in [0.05, 0.1) is 5.56 Å². The topological polar surface area (TPSA) is 94.6 Å². The molecule has 0 spiro atoms. The number of nitrogens with zero attached hydrogens (tertiary/aromatic N) is 3. The fourth-order valence-corrected chi connectivity index (χ4v) is 3.98. The summed E-state index contributed by atoms with van der Waals surface area (Å²) in [5.41, 5.74) is 1.21. The molecule has 4 rings (SSSR count). The molecule has 33 heavy (non-hydrogen) atoms. The van der Waals surface area contributed by atoms with Gasteiger partial charge in [0.25, 0.3) is 0 Å². The number of pyridine rings is 1. The van der Waals surface area contributed by atoms with Crippen molar-refractivity contribution < 1.29 is 27.6 Å². The Bertz CT molecular complexity index is 1090. The van der Waals surface area contributed by atoms with Crippen LogP contribution in [0.2, 0.25) is 0 Å². The van der Waals surface area contributed by atoms with Gasteiger partial charge in [-0.15, -0.1) is 0 Å². The highest BCUT2D eigenvalue weighted by atomic mass is 19.4. The van der Waals surface area contributed by atoms with Gasteiger partial charge in [0, 0.05) is 49.7 Å². The normalized spacial score (nSPS) is 18.4. The highest BCUT2D eigenvalue weighted by molar-refractivity contribution is 6.39. The molecule has 2 aromatic rings. The van der Waals surface area contributed by atoms with E-state index in [4.69, 9.17) is 0 Å². The van der Waals surface area contributed by atoms with Gasteiger partial charge in [-0.05, 0) is 49.2 Å². The second-order valence-corrected chi connectivity index (χ2v) is 8.07. The maximum Gasteiger partial charge on any atom is 0.417 e. The Hall–Kier alpha value is -3.63. The van der Waals surface area contributed by atoms with Crippen molar-refractivity contribution in [3.05, 3.63) is 47.7 Å². The lowest BCUT2D eigenvalue weighted by Crippen LogP contribution is -2.56. The third-order valence-corrected chi connectivity index (χ3v) is 5.74. The number of hydrogen-bond acceptors (Lipinski definition) is 5. The molecule has 2 aliphatic rings. The van der Waals surface area contributed by atoms with E-state index < -0.39 is 23.6 Å². The van der Waals surface area contributed by atoms with Crippen LogP contribution in [0.3, 0.4) is 0 Å². The molecular formula is C22H22F3N5O3. The predicted octanol–water partition coefficient (Wildman–Crippen LogP) is 2.66. The van der Waals surface area contributed by atoms with E-state index in [0.29, 0.717) is 43.1 Å². The number of alkyl halides is 3. The SMILES string of the molecule is C[C@@H]1CN(c2ccc(C(F)(F)F)cn2)CCN1C(=O)C(=O)Nc1ccc2c(c1)CCC(=O)N2. The van der Waals surface area contributed by atoms with Gasteiger partial charge >= 0.3 is 18.0 Å². The average molecular weight is 461 g/mol. The summed E-state index contributed by atoms with van der Waals surface area (Å²) in [6, 6.07) is 6.97. The van der Waals surface area contributed by atoms with Gasteiger partial charge in [-0.2, -0.15) is 13.2 Å². The maximum atomic E-state index is 12.7. The van der Waals surface area contributed by atoms with Crippen molar-refractivity contribution in [2.75, 3.05) is 35.2 Å². The minimum Gasteiger partial charge on any atom is -0.353 e. The van der Waals surface area contributed by atoms with Gasteiger partial charge in [0.2, 0.25) is 5.91 Å². The highest BCUT2D eigenvalue weighted by Crippen LogP contribution is 2.30. The summed E-state index contributed by atoms with van der Waals surface area (Å²) in [5.74, 6) is -1.14. The third kappa shape index (κ3) is 4.91. The highest BCUT2D eigenvalue weighted by Gasteiger charge is 2.33. The maximum absolute atomic E-state index is 12.7. The number of fused-ring (bicyclic) bond motifs is 1. The third-order valence-electron chi connectivity index (χ3n) is 5.74. The van der Waals surface area contributed by atoms with Gasteiger partial charge in [-0.1, -0.05) is 0 Å². The predicted molar refractivity (Wildman–Crippen MR) is 115 cm³/mol. The molecule has 1 saturated heterocycles. The molecular weight excluding hydrogens is 439 g/mol. The van der Waals surface area contributed by atoms with E-state index in [-0.39, 0.29) is 18.5 Å². The average Bonchev–Trinajstić information content (AvgIpc) is 2.78. The fraction of sp³-hybridized carbons (Fsp3) is 0.364. The lowest BCUT2D eigenvalue weighted by molar-refractivity contribution is -0.144. The summed E-state index contributed by atoms with van der Waals surface area (Å²) in [5, 5.41) is 5.37. The van der Waals surface area contributed by atoms with E-state index in [1.807, 2.05) is 0 Å². The molecule has 1 fully saturated rings. The Balaban J connectivity index is 1.36. The molecule has 0 saturated carbocycles. The number of carbonyl (C=O) groups excluding carboxylic acids is 3. The van der Waals surface area contributed by atoms with Crippen molar-refractivity contribution in [3.63, 3.8) is 0 Å². The summed E-state index contributed by atoms with van der Waals surface area (Å²) >= 11 is 0. The van der Waals surface area contributed by atoms with Crippen LogP contribution in [-0.2, 0) is 27.0 Å². The Morgan fingerprint density at radius 3 is 2.61 bits per heavy atom. The number of nitrogens with one attached hydrogen (secondary N) is 2. The number of aromatic nitrogens is 1. The quantitative estimate of drug-likeness (QED) is 0.671. The van der Waals surface area contributed by atoms with E-state index in [1.165, 1.54) is 11.0 Å². The fourth-order valence-electron chi connectivity index (χ4n) is 3.98. The lowest BCUT2D eigenvalue weighted by Gasteiger charge is -2.40. The van der Waals surface area contributed by atoms with E-state index in [1.54, 1.807) is 30.0 Å². The number of rotatable bonds is 2. The number of anilines is 3. The van der Waals surface area contributed by atoms with Gasteiger partial charge < -0.3 is 20.4 Å². The molecule has 3 amide bonds. The van der Waals surface area contributed by atoms with E-state index in [0.717, 1.165) is 17.8 Å². The van der Waals surface area contributed by atoms with E-state index in [9.17, 15) is 27.6 Å². The standard InChI is InChI=1S/C22H22F3N5O3/c1-13-12-29(18-6-3-15(11-26-18)22(23,24)25)8-9-30(13)21(33)20(32)27-16-4-5-17-14(10-16)2-7-19(31)28-17/h3-6,10-11,13H,2,7-9,12H2,1H3,(H,27,32)(H,28,31)/t13-/m1/s1. The first kappa shape index (κ1) is 22.6. The van der Waals surface area contributed by atoms with Crippen LogP contribution in [0.15, 0.2) is 36.5 Å². The molecule has 0 radical (unpaired) electrons. The monoisotopic (exact) mass is 461 g/mol. The van der Waals surface area contributed by atoms with Crippen molar-refractivity contribution in [2.24, 2.45) is 0 Å². The molecule has 1 atom stereocenters. The van der Waals surface area contributed by atoms with Crippen LogP contribution in [0.5, 0.6) is 0 Å². The number of halogens is 3. The zero-order valence-electron chi connectivity index (χ0n) is 17.8. The second kappa shape index (κ2) is 8.72. The van der Waals surface area contributed by atoms with Crippen LogP contribution in [-0.4, -0.2) is 53.3 Å². The van der Waals surface area contributed by atoms with Crippen LogP contribution in [0.1, 0.15) is 24.5 Å².